The van der Waals surface area contributed by atoms with E-state index in [1.165, 1.54) is 0 Å². The van der Waals surface area contributed by atoms with Gasteiger partial charge in [-0.1, -0.05) is 36.7 Å². The second-order valence-corrected chi connectivity index (χ2v) is 7.42. The van der Waals surface area contributed by atoms with Crippen LogP contribution in [0.2, 0.25) is 5.02 Å². The van der Waals surface area contributed by atoms with E-state index < -0.39 is 6.04 Å². The van der Waals surface area contributed by atoms with Crippen LogP contribution in [0.25, 0.3) is 0 Å². The number of nitrogens with zero attached hydrogens (tertiary/aromatic N) is 1. The Kier molecular flexibility index (Phi) is 6.99. The van der Waals surface area contributed by atoms with E-state index in [2.05, 4.69) is 5.32 Å². The normalized spacial score (nSPS) is 13.1. The van der Waals surface area contributed by atoms with E-state index in [0.29, 0.717) is 36.0 Å². The summed E-state index contributed by atoms with van der Waals surface area (Å²) in [6.07, 6.45) is 1.12. The van der Waals surface area contributed by atoms with E-state index in [1.54, 1.807) is 24.0 Å². The second-order valence-electron chi connectivity index (χ2n) is 6.98. The molecular weight excluding hydrogens is 392 g/mol. The number of fused-ring (bicyclic) bond motifs is 1. The van der Waals surface area contributed by atoms with Crippen molar-refractivity contribution in [3.63, 3.8) is 0 Å². The summed E-state index contributed by atoms with van der Waals surface area (Å²) in [6, 6.07) is 12.3. The molecule has 0 bridgehead atoms. The number of hydrogen-bond acceptors (Lipinski definition) is 4. The van der Waals surface area contributed by atoms with Crippen molar-refractivity contribution in [2.75, 3.05) is 6.79 Å². The highest BCUT2D eigenvalue weighted by Gasteiger charge is 2.25. The van der Waals surface area contributed by atoms with Crippen LogP contribution in [0.4, 0.5) is 0 Å². The van der Waals surface area contributed by atoms with Gasteiger partial charge in [0.1, 0.15) is 6.04 Å². The van der Waals surface area contributed by atoms with Gasteiger partial charge in [-0.05, 0) is 48.7 Å². The van der Waals surface area contributed by atoms with Crippen LogP contribution in [-0.2, 0) is 22.7 Å². The predicted molar refractivity (Wildman–Crippen MR) is 111 cm³/mol. The minimum absolute atomic E-state index is 0.0480. The van der Waals surface area contributed by atoms with Gasteiger partial charge >= 0.3 is 0 Å². The fraction of sp³-hybridized carbons (Fsp3) is 0.364. The Bertz CT molecular complexity index is 870. The Morgan fingerprint density at radius 1 is 1.10 bits per heavy atom. The summed E-state index contributed by atoms with van der Waals surface area (Å²) in [5, 5.41) is 3.55. The van der Waals surface area contributed by atoms with Crippen LogP contribution in [0.3, 0.4) is 0 Å². The molecule has 1 aliphatic rings. The quantitative estimate of drug-likeness (QED) is 0.708. The topological polar surface area (TPSA) is 67.9 Å². The molecule has 29 heavy (non-hydrogen) atoms. The fourth-order valence-corrected chi connectivity index (χ4v) is 3.24. The zero-order valence-electron chi connectivity index (χ0n) is 16.6. The summed E-state index contributed by atoms with van der Waals surface area (Å²) in [4.78, 5) is 27.0. The van der Waals surface area contributed by atoms with Crippen LogP contribution >= 0.6 is 11.6 Å². The average Bonchev–Trinajstić information content (AvgIpc) is 3.19. The monoisotopic (exact) mass is 416 g/mol. The molecule has 0 saturated carbocycles. The van der Waals surface area contributed by atoms with Crippen molar-refractivity contribution < 1.29 is 19.1 Å². The third kappa shape index (κ3) is 5.41. The summed E-state index contributed by atoms with van der Waals surface area (Å²) in [7, 11) is 0. The Balaban J connectivity index is 1.65. The van der Waals surface area contributed by atoms with Gasteiger partial charge in [-0.15, -0.1) is 0 Å². The molecule has 0 saturated heterocycles. The van der Waals surface area contributed by atoms with E-state index in [1.807, 2.05) is 37.3 Å². The van der Waals surface area contributed by atoms with Gasteiger partial charge in [0.2, 0.25) is 18.6 Å². The standard InChI is InChI=1S/C22H25ClN2O4/c1-3-4-21(26)25(13-16-5-8-18(23)9-6-16)15(2)22(27)24-12-17-7-10-19-20(11-17)29-14-28-19/h5-11,15H,3-4,12-14H2,1-2H3,(H,24,27)/t15-/m1/s1. The smallest absolute Gasteiger partial charge is 0.242 e. The minimum atomic E-state index is -0.598. The predicted octanol–water partition coefficient (Wildman–Crippen LogP) is 3.90. The maximum atomic E-state index is 12.8. The zero-order valence-corrected chi connectivity index (χ0v) is 17.4. The van der Waals surface area contributed by atoms with Crippen LogP contribution in [0.1, 0.15) is 37.8 Å². The molecule has 0 radical (unpaired) electrons. The molecule has 2 amide bonds. The number of carbonyl (C=O) groups is 2. The van der Waals surface area contributed by atoms with Gasteiger partial charge in [0.15, 0.2) is 11.5 Å². The SMILES string of the molecule is CCCC(=O)N(Cc1ccc(Cl)cc1)[C@H](C)C(=O)NCc1ccc2c(c1)OCO2. The Hall–Kier alpha value is -2.73. The first-order valence-corrected chi connectivity index (χ1v) is 10.1. The van der Waals surface area contributed by atoms with Crippen molar-refractivity contribution >= 4 is 23.4 Å². The minimum Gasteiger partial charge on any atom is -0.454 e. The molecule has 2 aromatic rings. The number of nitrogens with one attached hydrogen (secondary N) is 1. The number of halogens is 1. The molecule has 0 aliphatic carbocycles. The van der Waals surface area contributed by atoms with Gasteiger partial charge in [0, 0.05) is 24.5 Å². The molecule has 3 rings (SSSR count). The number of amides is 2. The van der Waals surface area contributed by atoms with Crippen molar-refractivity contribution in [2.45, 2.75) is 45.8 Å². The van der Waals surface area contributed by atoms with Gasteiger partial charge in [0.25, 0.3) is 0 Å². The maximum Gasteiger partial charge on any atom is 0.242 e. The summed E-state index contributed by atoms with van der Waals surface area (Å²) in [5.74, 6) is 1.12. The molecule has 1 aliphatic heterocycles. The number of hydrogen-bond donors (Lipinski definition) is 1. The molecule has 1 N–H and O–H groups in total. The number of carbonyl (C=O) groups excluding carboxylic acids is 2. The Morgan fingerprint density at radius 3 is 2.52 bits per heavy atom. The second kappa shape index (κ2) is 9.65. The zero-order chi connectivity index (χ0) is 20.8. The van der Waals surface area contributed by atoms with Gasteiger partial charge in [-0.3, -0.25) is 9.59 Å². The van der Waals surface area contributed by atoms with Gasteiger partial charge < -0.3 is 19.7 Å². The molecular formula is C22H25ClN2O4. The molecule has 0 spiro atoms. The van der Waals surface area contributed by atoms with Gasteiger partial charge in [-0.2, -0.15) is 0 Å². The van der Waals surface area contributed by atoms with E-state index >= 15 is 0 Å². The van der Waals surface area contributed by atoms with Crippen LogP contribution in [0, 0.1) is 0 Å². The summed E-state index contributed by atoms with van der Waals surface area (Å²) in [5.41, 5.74) is 1.83. The van der Waals surface area contributed by atoms with Crippen LogP contribution in [0.15, 0.2) is 42.5 Å². The van der Waals surface area contributed by atoms with E-state index in [0.717, 1.165) is 17.5 Å². The van der Waals surface area contributed by atoms with Crippen LogP contribution in [-0.4, -0.2) is 29.5 Å². The first-order chi connectivity index (χ1) is 14.0. The highest BCUT2D eigenvalue weighted by molar-refractivity contribution is 6.30. The Labute approximate surface area is 175 Å². The Morgan fingerprint density at radius 2 is 1.79 bits per heavy atom. The summed E-state index contributed by atoms with van der Waals surface area (Å²) >= 11 is 5.95. The van der Waals surface area contributed by atoms with E-state index in [-0.39, 0.29) is 18.6 Å². The molecule has 1 heterocycles. The number of ether oxygens (including phenoxy) is 2. The average molecular weight is 417 g/mol. The first-order valence-electron chi connectivity index (χ1n) is 9.68. The van der Waals surface area contributed by atoms with E-state index in [4.69, 9.17) is 21.1 Å². The van der Waals surface area contributed by atoms with Crippen molar-refractivity contribution in [3.8, 4) is 11.5 Å². The van der Waals surface area contributed by atoms with Crippen molar-refractivity contribution in [2.24, 2.45) is 0 Å². The van der Waals surface area contributed by atoms with Crippen LogP contribution < -0.4 is 14.8 Å². The highest BCUT2D eigenvalue weighted by Crippen LogP contribution is 2.32. The van der Waals surface area contributed by atoms with Gasteiger partial charge in [0.05, 0.1) is 0 Å². The lowest BCUT2D eigenvalue weighted by atomic mass is 10.1. The third-order valence-corrected chi connectivity index (χ3v) is 5.05. The molecule has 7 heteroatoms. The fourth-order valence-electron chi connectivity index (χ4n) is 3.11. The summed E-state index contributed by atoms with van der Waals surface area (Å²) in [6.45, 7) is 4.60. The van der Waals surface area contributed by atoms with Gasteiger partial charge in [-0.25, -0.2) is 0 Å². The van der Waals surface area contributed by atoms with Crippen molar-refractivity contribution in [1.82, 2.24) is 10.2 Å². The lowest BCUT2D eigenvalue weighted by Gasteiger charge is -2.29. The number of benzene rings is 2. The highest BCUT2D eigenvalue weighted by atomic mass is 35.5. The largest absolute Gasteiger partial charge is 0.454 e. The summed E-state index contributed by atoms with van der Waals surface area (Å²) < 4.78 is 10.7. The van der Waals surface area contributed by atoms with Crippen LogP contribution in [0.5, 0.6) is 11.5 Å². The molecule has 1 atom stereocenters. The molecule has 0 aromatic heterocycles. The first kappa shape index (κ1) is 21.0. The van der Waals surface area contributed by atoms with Crippen molar-refractivity contribution in [3.05, 3.63) is 58.6 Å². The number of rotatable bonds is 8. The third-order valence-electron chi connectivity index (χ3n) is 4.80. The molecule has 154 valence electrons. The molecule has 0 fully saturated rings. The molecule has 2 aromatic carbocycles. The lowest BCUT2D eigenvalue weighted by molar-refractivity contribution is -0.140. The van der Waals surface area contributed by atoms with E-state index in [9.17, 15) is 9.59 Å². The molecule has 6 nitrogen and oxygen atoms in total. The maximum absolute atomic E-state index is 12.8. The molecule has 0 unspecified atom stereocenters. The lowest BCUT2D eigenvalue weighted by Crippen LogP contribution is -2.47. The van der Waals surface area contributed by atoms with Crippen molar-refractivity contribution in [1.29, 1.82) is 0 Å².